The Morgan fingerprint density at radius 2 is 2.00 bits per heavy atom. The van der Waals surface area contributed by atoms with Gasteiger partial charge in [0, 0.05) is 29.2 Å². The first-order valence-corrected chi connectivity index (χ1v) is 6.60. The van der Waals surface area contributed by atoms with Crippen molar-refractivity contribution in [1.82, 2.24) is 19.5 Å². The van der Waals surface area contributed by atoms with E-state index >= 15 is 0 Å². The SMILES string of the molecule is Fc1nccc2c3cncnc3n(C3CCCC3)c12. The highest BCUT2D eigenvalue weighted by Gasteiger charge is 2.24. The lowest BCUT2D eigenvalue weighted by Crippen LogP contribution is -2.06. The average molecular weight is 256 g/mol. The number of fused-ring (bicyclic) bond motifs is 3. The van der Waals surface area contributed by atoms with Crippen LogP contribution >= 0.6 is 0 Å². The molecular weight excluding hydrogens is 243 g/mol. The van der Waals surface area contributed by atoms with E-state index in [1.54, 1.807) is 6.20 Å². The molecule has 1 aliphatic rings. The Morgan fingerprint density at radius 1 is 1.16 bits per heavy atom. The number of rotatable bonds is 1. The number of hydrogen-bond donors (Lipinski definition) is 0. The summed E-state index contributed by atoms with van der Waals surface area (Å²) in [5.41, 5.74) is 1.40. The van der Waals surface area contributed by atoms with Gasteiger partial charge in [0.2, 0.25) is 5.95 Å². The monoisotopic (exact) mass is 256 g/mol. The Bertz CT molecular complexity index is 759. The van der Waals surface area contributed by atoms with E-state index in [1.807, 2.05) is 10.6 Å². The molecule has 96 valence electrons. The van der Waals surface area contributed by atoms with E-state index in [0.29, 0.717) is 11.6 Å². The molecule has 4 rings (SSSR count). The topological polar surface area (TPSA) is 43.6 Å². The van der Waals surface area contributed by atoms with Crippen molar-refractivity contribution in [3.8, 4) is 0 Å². The molecule has 0 atom stereocenters. The van der Waals surface area contributed by atoms with Crippen molar-refractivity contribution in [2.75, 3.05) is 0 Å². The molecule has 0 radical (unpaired) electrons. The maximum absolute atomic E-state index is 14.2. The highest BCUT2D eigenvalue weighted by Crippen LogP contribution is 2.37. The maximum Gasteiger partial charge on any atom is 0.237 e. The van der Waals surface area contributed by atoms with Gasteiger partial charge in [0.15, 0.2) is 0 Å². The first-order chi connectivity index (χ1) is 9.36. The molecule has 1 saturated carbocycles. The van der Waals surface area contributed by atoms with Gasteiger partial charge < -0.3 is 4.57 Å². The molecule has 0 unspecified atom stereocenters. The largest absolute Gasteiger partial charge is 0.318 e. The van der Waals surface area contributed by atoms with Gasteiger partial charge >= 0.3 is 0 Å². The third kappa shape index (κ3) is 1.47. The lowest BCUT2D eigenvalue weighted by atomic mass is 10.2. The first-order valence-electron chi connectivity index (χ1n) is 6.60. The van der Waals surface area contributed by atoms with E-state index in [2.05, 4.69) is 15.0 Å². The third-order valence-electron chi connectivity index (χ3n) is 4.02. The molecule has 0 aliphatic heterocycles. The molecule has 3 heterocycles. The normalized spacial score (nSPS) is 16.7. The zero-order chi connectivity index (χ0) is 12.8. The van der Waals surface area contributed by atoms with Crippen LogP contribution in [0.4, 0.5) is 4.39 Å². The maximum atomic E-state index is 14.2. The number of hydrogen-bond acceptors (Lipinski definition) is 3. The lowest BCUT2D eigenvalue weighted by molar-refractivity contribution is 0.526. The summed E-state index contributed by atoms with van der Waals surface area (Å²) in [4.78, 5) is 12.2. The molecule has 3 aromatic heterocycles. The van der Waals surface area contributed by atoms with Crippen molar-refractivity contribution in [2.24, 2.45) is 0 Å². The summed E-state index contributed by atoms with van der Waals surface area (Å²) >= 11 is 0. The minimum absolute atomic E-state index is 0.327. The van der Waals surface area contributed by atoms with Crippen molar-refractivity contribution in [2.45, 2.75) is 31.7 Å². The Hall–Kier alpha value is -2.04. The van der Waals surface area contributed by atoms with E-state index in [0.717, 1.165) is 29.3 Å². The summed E-state index contributed by atoms with van der Waals surface area (Å²) in [6, 6.07) is 2.17. The molecular formula is C14H13FN4. The van der Waals surface area contributed by atoms with Crippen LogP contribution in [-0.4, -0.2) is 19.5 Å². The summed E-state index contributed by atoms with van der Waals surface area (Å²) in [6.07, 6.45) is 9.34. The fourth-order valence-electron chi connectivity index (χ4n) is 3.20. The van der Waals surface area contributed by atoms with Gasteiger partial charge in [0.1, 0.15) is 17.5 Å². The van der Waals surface area contributed by atoms with E-state index in [4.69, 9.17) is 0 Å². The summed E-state index contributed by atoms with van der Waals surface area (Å²) < 4.78 is 16.2. The van der Waals surface area contributed by atoms with Gasteiger partial charge in [-0.15, -0.1) is 0 Å². The standard InChI is InChI=1S/C14H13FN4/c15-13-12-10(5-6-17-13)11-7-16-8-18-14(11)19(12)9-3-1-2-4-9/h5-9H,1-4H2. The van der Waals surface area contributed by atoms with E-state index < -0.39 is 5.95 Å². The van der Waals surface area contributed by atoms with Gasteiger partial charge in [-0.25, -0.2) is 15.0 Å². The highest BCUT2D eigenvalue weighted by atomic mass is 19.1. The van der Waals surface area contributed by atoms with Crippen LogP contribution in [0, 0.1) is 5.95 Å². The molecule has 0 saturated heterocycles. The van der Waals surface area contributed by atoms with Crippen LogP contribution in [0.15, 0.2) is 24.8 Å². The minimum Gasteiger partial charge on any atom is -0.318 e. The van der Waals surface area contributed by atoms with Crippen LogP contribution < -0.4 is 0 Å². The molecule has 5 heteroatoms. The van der Waals surface area contributed by atoms with Crippen molar-refractivity contribution in [3.63, 3.8) is 0 Å². The minimum atomic E-state index is -0.414. The van der Waals surface area contributed by atoms with Crippen molar-refractivity contribution in [1.29, 1.82) is 0 Å². The molecule has 0 aromatic carbocycles. The van der Waals surface area contributed by atoms with Gasteiger partial charge in [0.05, 0.1) is 0 Å². The van der Waals surface area contributed by atoms with Crippen LogP contribution in [0.1, 0.15) is 31.7 Å². The molecule has 0 N–H and O–H groups in total. The molecule has 0 bridgehead atoms. The molecule has 3 aromatic rings. The predicted octanol–water partition coefficient (Wildman–Crippen LogP) is 3.23. The zero-order valence-corrected chi connectivity index (χ0v) is 10.4. The van der Waals surface area contributed by atoms with Crippen molar-refractivity contribution in [3.05, 3.63) is 30.7 Å². The second-order valence-electron chi connectivity index (χ2n) is 5.07. The summed E-state index contributed by atoms with van der Waals surface area (Å²) in [6.45, 7) is 0. The fourth-order valence-corrected chi connectivity index (χ4v) is 3.20. The molecule has 4 nitrogen and oxygen atoms in total. The van der Waals surface area contributed by atoms with Gasteiger partial charge in [-0.05, 0) is 18.9 Å². The third-order valence-corrected chi connectivity index (χ3v) is 4.02. The van der Waals surface area contributed by atoms with Gasteiger partial charge in [0.25, 0.3) is 0 Å². The summed E-state index contributed by atoms with van der Waals surface area (Å²) in [5, 5.41) is 1.76. The van der Waals surface area contributed by atoms with Crippen molar-refractivity contribution < 1.29 is 4.39 Å². The zero-order valence-electron chi connectivity index (χ0n) is 10.4. The van der Waals surface area contributed by atoms with Crippen molar-refractivity contribution >= 4 is 21.9 Å². The van der Waals surface area contributed by atoms with Gasteiger partial charge in [-0.2, -0.15) is 4.39 Å². The summed E-state index contributed by atoms with van der Waals surface area (Å²) in [5.74, 6) is -0.414. The molecule has 0 spiro atoms. The van der Waals surface area contributed by atoms with Crippen LogP contribution in [0.25, 0.3) is 21.9 Å². The Balaban J connectivity index is 2.16. The molecule has 19 heavy (non-hydrogen) atoms. The van der Waals surface area contributed by atoms with Crippen LogP contribution in [0.5, 0.6) is 0 Å². The Morgan fingerprint density at radius 3 is 2.84 bits per heavy atom. The molecule has 1 fully saturated rings. The molecule has 0 amide bonds. The van der Waals surface area contributed by atoms with Crippen LogP contribution in [0.2, 0.25) is 0 Å². The smallest absolute Gasteiger partial charge is 0.237 e. The second-order valence-corrected chi connectivity index (χ2v) is 5.07. The Labute approximate surface area is 109 Å². The highest BCUT2D eigenvalue weighted by molar-refractivity contribution is 6.06. The second kappa shape index (κ2) is 3.98. The quantitative estimate of drug-likeness (QED) is 0.628. The fraction of sp³-hybridized carbons (Fsp3) is 0.357. The van der Waals surface area contributed by atoms with E-state index in [1.165, 1.54) is 25.4 Å². The van der Waals surface area contributed by atoms with Crippen LogP contribution in [-0.2, 0) is 0 Å². The summed E-state index contributed by atoms with van der Waals surface area (Å²) in [7, 11) is 0. The number of halogens is 1. The number of aromatic nitrogens is 4. The molecule has 1 aliphatic carbocycles. The number of nitrogens with zero attached hydrogens (tertiary/aromatic N) is 4. The van der Waals surface area contributed by atoms with Gasteiger partial charge in [-0.1, -0.05) is 12.8 Å². The average Bonchev–Trinajstić information content (AvgIpc) is 3.04. The predicted molar refractivity (Wildman–Crippen MR) is 70.3 cm³/mol. The van der Waals surface area contributed by atoms with Gasteiger partial charge in [-0.3, -0.25) is 0 Å². The van der Waals surface area contributed by atoms with E-state index in [-0.39, 0.29) is 0 Å². The van der Waals surface area contributed by atoms with E-state index in [9.17, 15) is 4.39 Å². The van der Waals surface area contributed by atoms with Crippen LogP contribution in [0.3, 0.4) is 0 Å². The Kier molecular flexibility index (Phi) is 2.27. The first kappa shape index (κ1) is 10.8. The number of pyridine rings is 1. The lowest BCUT2D eigenvalue weighted by Gasteiger charge is -2.14.